The highest BCUT2D eigenvalue weighted by atomic mass is 32.2. The molecule has 2 heterocycles. The molecule has 0 aliphatic carbocycles. The smallest absolute Gasteiger partial charge is 0.263 e. The van der Waals surface area contributed by atoms with Crippen LogP contribution in [0.2, 0.25) is 0 Å². The van der Waals surface area contributed by atoms with Crippen LogP contribution in [0.1, 0.15) is 24.0 Å². The monoisotopic (exact) mass is 486 g/mol. The molecule has 3 N–H and O–H groups in total. The van der Waals surface area contributed by atoms with Crippen molar-refractivity contribution in [2.45, 2.75) is 37.1 Å². The Hall–Kier alpha value is -2.95. The number of nitrogens with zero attached hydrogens (tertiary/aromatic N) is 2. The number of hydrogen-bond donors (Lipinski definition) is 3. The SMILES string of the molecule is Cc1cc(S(=O)(=O)Nc2nccs2)ccc1NC(=O)[C@H](CCO)N1CCCc2ccccc21. The summed E-state index contributed by atoms with van der Waals surface area (Å²) in [6.07, 6.45) is 3.72. The van der Waals surface area contributed by atoms with Gasteiger partial charge in [0.2, 0.25) is 5.91 Å². The fraction of sp³-hybridized carbons (Fsp3) is 0.304. The molecular formula is C23H26N4O4S2. The molecule has 1 amide bonds. The molecular weight excluding hydrogens is 460 g/mol. The number of hydrogen-bond acceptors (Lipinski definition) is 7. The van der Waals surface area contributed by atoms with Gasteiger partial charge in [0, 0.05) is 36.1 Å². The van der Waals surface area contributed by atoms with Gasteiger partial charge < -0.3 is 15.3 Å². The number of amides is 1. The number of rotatable bonds is 8. The third kappa shape index (κ3) is 5.18. The fourth-order valence-electron chi connectivity index (χ4n) is 4.04. The molecule has 3 aromatic rings. The van der Waals surface area contributed by atoms with E-state index in [0.717, 1.165) is 25.1 Å². The number of nitrogens with one attached hydrogen (secondary N) is 2. The number of carbonyl (C=O) groups is 1. The minimum atomic E-state index is -3.78. The molecule has 1 aliphatic heterocycles. The first-order chi connectivity index (χ1) is 15.9. The number of anilines is 3. The van der Waals surface area contributed by atoms with Crippen molar-refractivity contribution in [3.05, 3.63) is 65.2 Å². The fourth-order valence-corrected chi connectivity index (χ4v) is 5.92. The summed E-state index contributed by atoms with van der Waals surface area (Å²) in [6.45, 7) is 2.36. The molecule has 2 aromatic carbocycles. The van der Waals surface area contributed by atoms with Gasteiger partial charge in [-0.2, -0.15) is 0 Å². The lowest BCUT2D eigenvalue weighted by atomic mass is 9.98. The van der Waals surface area contributed by atoms with E-state index in [1.54, 1.807) is 18.4 Å². The topological polar surface area (TPSA) is 112 Å². The number of sulfonamides is 1. The van der Waals surface area contributed by atoms with Gasteiger partial charge in [-0.15, -0.1) is 11.3 Å². The largest absolute Gasteiger partial charge is 0.396 e. The zero-order valence-electron chi connectivity index (χ0n) is 18.2. The number of benzene rings is 2. The normalized spacial score (nSPS) is 14.4. The predicted molar refractivity (Wildman–Crippen MR) is 130 cm³/mol. The summed E-state index contributed by atoms with van der Waals surface area (Å²) in [5.74, 6) is -0.236. The van der Waals surface area contributed by atoms with Crippen LogP contribution in [-0.2, 0) is 21.2 Å². The van der Waals surface area contributed by atoms with Gasteiger partial charge in [0.25, 0.3) is 10.0 Å². The number of aryl methyl sites for hydroxylation is 2. The van der Waals surface area contributed by atoms with Gasteiger partial charge in [-0.05, 0) is 61.6 Å². The Kier molecular flexibility index (Phi) is 6.96. The molecule has 1 aliphatic rings. The van der Waals surface area contributed by atoms with Crippen LogP contribution in [0.4, 0.5) is 16.5 Å². The van der Waals surface area contributed by atoms with Crippen LogP contribution in [0, 0.1) is 6.92 Å². The number of aliphatic hydroxyl groups is 1. The Morgan fingerprint density at radius 1 is 1.27 bits per heavy atom. The van der Waals surface area contributed by atoms with E-state index in [4.69, 9.17) is 0 Å². The average Bonchev–Trinajstić information content (AvgIpc) is 3.30. The minimum Gasteiger partial charge on any atom is -0.396 e. The highest BCUT2D eigenvalue weighted by Gasteiger charge is 2.29. The van der Waals surface area contributed by atoms with Crippen molar-refractivity contribution in [1.29, 1.82) is 0 Å². The van der Waals surface area contributed by atoms with Gasteiger partial charge in [-0.25, -0.2) is 13.4 Å². The Labute approximate surface area is 197 Å². The quantitative estimate of drug-likeness (QED) is 0.450. The standard InChI is InChI=1S/C23H26N4O4S2/c1-16-15-18(33(30,31)26-23-24-11-14-32-23)8-9-19(16)25-22(29)21(10-13-28)27-12-4-6-17-5-2-3-7-20(17)27/h2-3,5,7-9,11,14-15,21,28H,4,6,10,12-13H2,1H3,(H,24,26)(H,25,29)/t21-/m0/s1. The first-order valence-electron chi connectivity index (χ1n) is 10.7. The zero-order valence-corrected chi connectivity index (χ0v) is 19.8. The van der Waals surface area contributed by atoms with Gasteiger partial charge in [-0.3, -0.25) is 9.52 Å². The molecule has 0 saturated carbocycles. The second-order valence-corrected chi connectivity index (χ2v) is 10.4. The van der Waals surface area contributed by atoms with Crippen LogP contribution < -0.4 is 14.9 Å². The second-order valence-electron chi connectivity index (χ2n) is 7.86. The summed E-state index contributed by atoms with van der Waals surface area (Å²) in [4.78, 5) is 19.3. The van der Waals surface area contributed by atoms with Gasteiger partial charge in [-0.1, -0.05) is 18.2 Å². The van der Waals surface area contributed by atoms with Gasteiger partial charge in [0.15, 0.2) is 5.13 Å². The summed E-state index contributed by atoms with van der Waals surface area (Å²) in [6, 6.07) is 12.0. The summed E-state index contributed by atoms with van der Waals surface area (Å²) >= 11 is 1.19. The van der Waals surface area contributed by atoms with Crippen LogP contribution in [0.25, 0.3) is 0 Å². The molecule has 33 heavy (non-hydrogen) atoms. The Balaban J connectivity index is 1.53. The highest BCUT2D eigenvalue weighted by molar-refractivity contribution is 7.93. The number of para-hydroxylation sites is 1. The van der Waals surface area contributed by atoms with Crippen molar-refractivity contribution >= 4 is 43.8 Å². The van der Waals surface area contributed by atoms with E-state index in [-0.39, 0.29) is 17.4 Å². The highest BCUT2D eigenvalue weighted by Crippen LogP contribution is 2.30. The van der Waals surface area contributed by atoms with E-state index in [1.807, 2.05) is 18.2 Å². The van der Waals surface area contributed by atoms with E-state index in [0.29, 0.717) is 22.8 Å². The molecule has 0 saturated heterocycles. The molecule has 4 rings (SSSR count). The maximum atomic E-state index is 13.3. The Bertz CT molecular complexity index is 1230. The first-order valence-corrected chi connectivity index (χ1v) is 13.0. The first kappa shape index (κ1) is 23.2. The maximum Gasteiger partial charge on any atom is 0.263 e. The third-order valence-corrected chi connectivity index (χ3v) is 7.80. The summed E-state index contributed by atoms with van der Waals surface area (Å²) in [5.41, 5.74) is 3.36. The van der Waals surface area contributed by atoms with Crippen LogP contribution in [0.15, 0.2) is 58.9 Å². The molecule has 174 valence electrons. The van der Waals surface area contributed by atoms with Crippen molar-refractivity contribution < 1.29 is 18.3 Å². The molecule has 8 nitrogen and oxygen atoms in total. The zero-order chi connectivity index (χ0) is 23.4. The van der Waals surface area contributed by atoms with E-state index in [9.17, 15) is 18.3 Å². The second kappa shape index (κ2) is 9.90. The average molecular weight is 487 g/mol. The van der Waals surface area contributed by atoms with Crippen LogP contribution in [-0.4, -0.2) is 43.6 Å². The summed E-state index contributed by atoms with van der Waals surface area (Å²) in [5, 5.41) is 14.5. The van der Waals surface area contributed by atoms with Gasteiger partial charge in [0.1, 0.15) is 6.04 Å². The molecule has 0 fully saturated rings. The number of carbonyl (C=O) groups excluding carboxylic acids is 1. The number of aliphatic hydroxyl groups excluding tert-OH is 1. The molecule has 0 bridgehead atoms. The number of fused-ring (bicyclic) bond motifs is 1. The van der Waals surface area contributed by atoms with Gasteiger partial charge >= 0.3 is 0 Å². The summed E-state index contributed by atoms with van der Waals surface area (Å²) < 4.78 is 27.7. The van der Waals surface area contributed by atoms with Crippen molar-refractivity contribution in [2.75, 3.05) is 28.1 Å². The molecule has 1 aromatic heterocycles. The molecule has 0 radical (unpaired) electrons. The summed E-state index contributed by atoms with van der Waals surface area (Å²) in [7, 11) is -3.78. The van der Waals surface area contributed by atoms with Crippen molar-refractivity contribution in [1.82, 2.24) is 4.98 Å². The lowest BCUT2D eigenvalue weighted by Crippen LogP contribution is -2.47. The van der Waals surface area contributed by atoms with Crippen molar-refractivity contribution in [3.63, 3.8) is 0 Å². The van der Waals surface area contributed by atoms with Crippen LogP contribution >= 0.6 is 11.3 Å². The molecule has 10 heteroatoms. The van der Waals surface area contributed by atoms with Gasteiger partial charge in [0.05, 0.1) is 4.90 Å². The third-order valence-electron chi connectivity index (χ3n) is 5.65. The molecule has 0 unspecified atom stereocenters. The van der Waals surface area contributed by atoms with E-state index >= 15 is 0 Å². The van der Waals surface area contributed by atoms with E-state index in [1.165, 1.54) is 35.2 Å². The Morgan fingerprint density at radius 2 is 2.09 bits per heavy atom. The molecule has 0 spiro atoms. The van der Waals surface area contributed by atoms with Crippen LogP contribution in [0.3, 0.4) is 0 Å². The number of aromatic nitrogens is 1. The number of thiazole rings is 1. The van der Waals surface area contributed by atoms with Crippen LogP contribution in [0.5, 0.6) is 0 Å². The minimum absolute atomic E-state index is 0.0880. The van der Waals surface area contributed by atoms with E-state index < -0.39 is 16.1 Å². The molecule has 1 atom stereocenters. The maximum absolute atomic E-state index is 13.3. The Morgan fingerprint density at radius 3 is 2.82 bits per heavy atom. The van der Waals surface area contributed by atoms with E-state index in [2.05, 4.69) is 26.0 Å². The van der Waals surface area contributed by atoms with Crippen molar-refractivity contribution in [3.8, 4) is 0 Å². The van der Waals surface area contributed by atoms with Crippen molar-refractivity contribution in [2.24, 2.45) is 0 Å². The predicted octanol–water partition coefficient (Wildman–Crippen LogP) is 3.39. The lowest BCUT2D eigenvalue weighted by Gasteiger charge is -2.37. The lowest BCUT2D eigenvalue weighted by molar-refractivity contribution is -0.117.